The van der Waals surface area contributed by atoms with Crippen LogP contribution in [-0.4, -0.2) is 74.9 Å². The van der Waals surface area contributed by atoms with Gasteiger partial charge in [-0.3, -0.25) is 9.89 Å². The fraction of sp³-hybridized carbons (Fsp3) is 0.500. The summed E-state index contributed by atoms with van der Waals surface area (Å²) in [5, 5.41) is 6.57. The zero-order valence-corrected chi connectivity index (χ0v) is 18.0. The molecule has 2 aromatic rings. The summed E-state index contributed by atoms with van der Waals surface area (Å²) in [6, 6.07) is 6.21. The van der Waals surface area contributed by atoms with Crippen LogP contribution >= 0.6 is 11.3 Å². The highest BCUT2D eigenvalue weighted by molar-refractivity contribution is 7.13. The molecular formula is C20H28N6O2S. The van der Waals surface area contributed by atoms with E-state index in [0.717, 1.165) is 61.0 Å². The monoisotopic (exact) mass is 416 g/mol. The molecule has 9 heteroatoms. The van der Waals surface area contributed by atoms with Gasteiger partial charge in [0.15, 0.2) is 22.6 Å². The maximum absolute atomic E-state index is 5.49. The van der Waals surface area contributed by atoms with Gasteiger partial charge in [-0.05, 0) is 17.7 Å². The Morgan fingerprint density at radius 2 is 2.00 bits per heavy atom. The maximum atomic E-state index is 5.49. The van der Waals surface area contributed by atoms with Crippen molar-refractivity contribution in [3.05, 3.63) is 34.8 Å². The predicted octanol–water partition coefficient (Wildman–Crippen LogP) is 1.83. The minimum Gasteiger partial charge on any atom is -0.454 e. The van der Waals surface area contributed by atoms with Crippen LogP contribution in [0.1, 0.15) is 11.3 Å². The summed E-state index contributed by atoms with van der Waals surface area (Å²) in [6.45, 7) is 5.82. The quantitative estimate of drug-likeness (QED) is 0.589. The second-order valence-corrected chi connectivity index (χ2v) is 8.20. The first-order valence-electron chi connectivity index (χ1n) is 9.80. The molecule has 8 nitrogen and oxygen atoms in total. The van der Waals surface area contributed by atoms with E-state index < -0.39 is 0 Å². The number of benzene rings is 1. The molecule has 4 rings (SSSR count). The van der Waals surface area contributed by atoms with E-state index >= 15 is 0 Å². The lowest BCUT2D eigenvalue weighted by Gasteiger charge is -2.36. The summed E-state index contributed by atoms with van der Waals surface area (Å²) in [5.74, 6) is 2.63. The molecule has 0 spiro atoms. The van der Waals surface area contributed by atoms with Crippen molar-refractivity contribution in [1.29, 1.82) is 0 Å². The molecular weight excluding hydrogens is 388 g/mol. The summed E-state index contributed by atoms with van der Waals surface area (Å²) >= 11 is 1.66. The number of thiazole rings is 1. The Labute approximate surface area is 175 Å². The predicted molar refractivity (Wildman–Crippen MR) is 116 cm³/mol. The molecule has 0 radical (unpaired) electrons. The molecule has 0 bridgehead atoms. The number of nitrogens with one attached hydrogen (secondary N) is 1. The van der Waals surface area contributed by atoms with Crippen molar-refractivity contribution in [3.63, 3.8) is 0 Å². The van der Waals surface area contributed by atoms with E-state index in [9.17, 15) is 0 Å². The molecule has 1 aromatic carbocycles. The maximum Gasteiger partial charge on any atom is 0.231 e. The van der Waals surface area contributed by atoms with E-state index in [1.54, 1.807) is 11.3 Å². The molecule has 3 heterocycles. The summed E-state index contributed by atoms with van der Waals surface area (Å²) < 4.78 is 10.9. The number of rotatable bonds is 5. The van der Waals surface area contributed by atoms with Gasteiger partial charge in [-0.25, -0.2) is 4.98 Å². The SMILES string of the molecule is CN=C(NCc1csc(N(C)C)n1)N1CCN(Cc2ccc3c(c2)OCO3)CC1. The molecule has 29 heavy (non-hydrogen) atoms. The van der Waals surface area contributed by atoms with Crippen molar-refractivity contribution in [3.8, 4) is 11.5 Å². The number of nitrogens with zero attached hydrogens (tertiary/aromatic N) is 5. The smallest absolute Gasteiger partial charge is 0.231 e. The first-order chi connectivity index (χ1) is 14.1. The Kier molecular flexibility index (Phi) is 6.05. The molecule has 0 amide bonds. The summed E-state index contributed by atoms with van der Waals surface area (Å²) in [5.41, 5.74) is 2.30. The molecule has 2 aliphatic rings. The van der Waals surface area contributed by atoms with Gasteiger partial charge < -0.3 is 24.6 Å². The summed E-state index contributed by atoms with van der Waals surface area (Å²) in [4.78, 5) is 15.9. The lowest BCUT2D eigenvalue weighted by molar-refractivity contribution is 0.171. The normalized spacial score (nSPS) is 16.9. The van der Waals surface area contributed by atoms with Gasteiger partial charge in [0.25, 0.3) is 0 Å². The van der Waals surface area contributed by atoms with Crippen LogP contribution in [0.2, 0.25) is 0 Å². The zero-order chi connectivity index (χ0) is 20.2. The third-order valence-electron chi connectivity index (χ3n) is 5.08. The average molecular weight is 417 g/mol. The van der Waals surface area contributed by atoms with Crippen molar-refractivity contribution in [2.75, 3.05) is 59.0 Å². The van der Waals surface area contributed by atoms with Crippen molar-refractivity contribution < 1.29 is 9.47 Å². The summed E-state index contributed by atoms with van der Waals surface area (Å²) in [6.07, 6.45) is 0. The first kappa shape index (κ1) is 19.8. The average Bonchev–Trinajstić information content (AvgIpc) is 3.39. The highest BCUT2D eigenvalue weighted by Gasteiger charge is 2.21. The number of guanidine groups is 1. The number of piperazine rings is 1. The minimum absolute atomic E-state index is 0.320. The van der Waals surface area contributed by atoms with Gasteiger partial charge in [0.05, 0.1) is 12.2 Å². The van der Waals surface area contributed by atoms with Gasteiger partial charge in [-0.2, -0.15) is 0 Å². The Balaban J connectivity index is 1.26. The van der Waals surface area contributed by atoms with E-state index in [2.05, 4.69) is 42.6 Å². The van der Waals surface area contributed by atoms with Crippen molar-refractivity contribution in [2.45, 2.75) is 13.1 Å². The standard InChI is InChI=1S/C20H28N6O2S/c1-21-19(22-11-16-13-29-20(23-16)24(2)3)26-8-6-25(7-9-26)12-15-4-5-17-18(10-15)28-14-27-17/h4-5,10,13H,6-9,11-12,14H2,1-3H3,(H,21,22). The number of ether oxygens (including phenoxy) is 2. The molecule has 0 atom stereocenters. The van der Waals surface area contributed by atoms with Crippen LogP contribution in [0.4, 0.5) is 5.13 Å². The Morgan fingerprint density at radius 1 is 1.21 bits per heavy atom. The topological polar surface area (TPSA) is 65.5 Å². The number of anilines is 1. The van der Waals surface area contributed by atoms with Crippen LogP contribution in [0.25, 0.3) is 0 Å². The first-order valence-corrected chi connectivity index (χ1v) is 10.7. The molecule has 1 saturated heterocycles. The fourth-order valence-corrected chi connectivity index (χ4v) is 4.26. The van der Waals surface area contributed by atoms with E-state index in [4.69, 9.17) is 9.47 Å². The van der Waals surface area contributed by atoms with Crippen LogP contribution in [0.5, 0.6) is 11.5 Å². The van der Waals surface area contributed by atoms with Crippen LogP contribution < -0.4 is 19.7 Å². The van der Waals surface area contributed by atoms with Crippen LogP contribution in [0.3, 0.4) is 0 Å². The van der Waals surface area contributed by atoms with Crippen molar-refractivity contribution in [1.82, 2.24) is 20.1 Å². The van der Waals surface area contributed by atoms with Gasteiger partial charge in [0.1, 0.15) is 0 Å². The van der Waals surface area contributed by atoms with Gasteiger partial charge in [0, 0.05) is 59.2 Å². The summed E-state index contributed by atoms with van der Waals surface area (Å²) in [7, 11) is 5.86. The molecule has 1 N–H and O–H groups in total. The number of hydrogen-bond acceptors (Lipinski definition) is 7. The van der Waals surface area contributed by atoms with E-state index in [1.807, 2.05) is 32.1 Å². The van der Waals surface area contributed by atoms with Crippen LogP contribution in [0.15, 0.2) is 28.6 Å². The Hall–Kier alpha value is -2.52. The second kappa shape index (κ2) is 8.87. The van der Waals surface area contributed by atoms with Gasteiger partial charge >= 0.3 is 0 Å². The largest absolute Gasteiger partial charge is 0.454 e. The minimum atomic E-state index is 0.320. The molecule has 2 aliphatic heterocycles. The molecule has 0 saturated carbocycles. The lowest BCUT2D eigenvalue weighted by Crippen LogP contribution is -2.52. The third kappa shape index (κ3) is 4.73. The second-order valence-electron chi connectivity index (χ2n) is 7.37. The van der Waals surface area contributed by atoms with Crippen LogP contribution in [0, 0.1) is 0 Å². The van der Waals surface area contributed by atoms with E-state index in [-0.39, 0.29) is 0 Å². The number of aromatic nitrogens is 1. The lowest BCUT2D eigenvalue weighted by atomic mass is 10.1. The fourth-order valence-electron chi connectivity index (χ4n) is 3.50. The zero-order valence-electron chi connectivity index (χ0n) is 17.2. The van der Waals surface area contributed by atoms with Crippen molar-refractivity contribution >= 4 is 22.4 Å². The van der Waals surface area contributed by atoms with Gasteiger partial charge in [-0.1, -0.05) is 6.07 Å². The number of fused-ring (bicyclic) bond motifs is 1. The van der Waals surface area contributed by atoms with E-state index in [0.29, 0.717) is 13.3 Å². The molecule has 0 aliphatic carbocycles. The molecule has 1 fully saturated rings. The molecule has 0 unspecified atom stereocenters. The van der Waals surface area contributed by atoms with Gasteiger partial charge in [0.2, 0.25) is 6.79 Å². The van der Waals surface area contributed by atoms with Gasteiger partial charge in [-0.15, -0.1) is 11.3 Å². The Bertz CT molecular complexity index is 860. The van der Waals surface area contributed by atoms with Crippen molar-refractivity contribution in [2.24, 2.45) is 4.99 Å². The van der Waals surface area contributed by atoms with E-state index in [1.165, 1.54) is 5.56 Å². The highest BCUT2D eigenvalue weighted by atomic mass is 32.1. The highest BCUT2D eigenvalue weighted by Crippen LogP contribution is 2.32. The Morgan fingerprint density at radius 3 is 2.72 bits per heavy atom. The number of aliphatic imine (C=N–C) groups is 1. The van der Waals surface area contributed by atoms with Crippen LogP contribution in [-0.2, 0) is 13.1 Å². The molecule has 156 valence electrons. The number of hydrogen-bond donors (Lipinski definition) is 1. The third-order valence-corrected chi connectivity index (χ3v) is 6.13. The molecule has 1 aromatic heterocycles.